The predicted molar refractivity (Wildman–Crippen MR) is 122 cm³/mol. The first-order valence-corrected chi connectivity index (χ1v) is 10.7. The summed E-state index contributed by atoms with van der Waals surface area (Å²) in [6.07, 6.45) is -8.34. The summed E-state index contributed by atoms with van der Waals surface area (Å²) in [7, 11) is 0. The van der Waals surface area contributed by atoms with Gasteiger partial charge in [0.05, 0.1) is 17.7 Å². The van der Waals surface area contributed by atoms with Gasteiger partial charge in [0.1, 0.15) is 35.7 Å². The molecule has 36 heavy (non-hydrogen) atoms. The normalized spacial score (nSPS) is 24.3. The van der Waals surface area contributed by atoms with Crippen molar-refractivity contribution >= 4 is 21.9 Å². The number of aliphatic hydroxyl groups is 4. The van der Waals surface area contributed by atoms with Crippen LogP contribution < -0.4 is 16.0 Å². The molecule has 1 saturated heterocycles. The molecule has 1 aliphatic rings. The third-order valence-electron chi connectivity index (χ3n) is 5.94. The van der Waals surface area contributed by atoms with Crippen LogP contribution in [0, 0.1) is 0 Å². The Balaban J connectivity index is 1.80. The summed E-state index contributed by atoms with van der Waals surface area (Å²) < 4.78 is 21.8. The fourth-order valence-corrected chi connectivity index (χ4v) is 4.17. The number of benzene rings is 2. The first kappa shape index (κ1) is 23.8. The maximum absolute atomic E-state index is 12.1. The molecule has 3 heterocycles. The molecule has 188 valence electrons. The average Bonchev–Trinajstić information content (AvgIpc) is 2.85. The van der Waals surface area contributed by atoms with E-state index in [1.807, 2.05) is 0 Å². The third-order valence-corrected chi connectivity index (χ3v) is 5.94. The summed E-state index contributed by atoms with van der Waals surface area (Å²) in [6.45, 7) is -0.731. The van der Waals surface area contributed by atoms with Gasteiger partial charge in [-0.05, 0) is 30.3 Å². The van der Waals surface area contributed by atoms with E-state index >= 15 is 0 Å². The van der Waals surface area contributed by atoms with E-state index in [1.54, 1.807) is 0 Å². The molecule has 5 atom stereocenters. The van der Waals surface area contributed by atoms with Gasteiger partial charge in [-0.3, -0.25) is 0 Å². The summed E-state index contributed by atoms with van der Waals surface area (Å²) in [5.74, 6) is -1.47. The zero-order chi connectivity index (χ0) is 25.7. The van der Waals surface area contributed by atoms with Crippen molar-refractivity contribution in [3.8, 4) is 28.4 Å². The van der Waals surface area contributed by atoms with Crippen molar-refractivity contribution in [3.05, 3.63) is 63.3 Å². The lowest BCUT2D eigenvalue weighted by Crippen LogP contribution is -2.60. The van der Waals surface area contributed by atoms with Crippen molar-refractivity contribution < 1.29 is 48.9 Å². The molecule has 12 nitrogen and oxygen atoms in total. The predicted octanol–water partition coefficient (Wildman–Crippen LogP) is 0.156. The molecule has 6 N–H and O–H groups in total. The fourth-order valence-electron chi connectivity index (χ4n) is 4.17. The smallest absolute Gasteiger partial charge is 0.336 e. The van der Waals surface area contributed by atoms with E-state index in [0.717, 1.165) is 12.1 Å². The van der Waals surface area contributed by atoms with E-state index in [4.69, 9.17) is 18.3 Å². The van der Waals surface area contributed by atoms with Gasteiger partial charge in [0.15, 0.2) is 17.1 Å². The number of phenols is 2. The Hall–Kier alpha value is -3.94. The lowest BCUT2D eigenvalue weighted by molar-refractivity contribution is -0.277. The fraction of sp³-hybridized carbons (Fsp3) is 0.250. The average molecular weight is 500 g/mol. The zero-order valence-corrected chi connectivity index (χ0v) is 18.3. The topological polar surface area (TPSA) is 200 Å². The van der Waals surface area contributed by atoms with E-state index in [9.17, 15) is 40.2 Å². The molecule has 5 rings (SSSR count). The quantitative estimate of drug-likeness (QED) is 0.208. The second-order valence-electron chi connectivity index (χ2n) is 8.22. The lowest BCUT2D eigenvalue weighted by Gasteiger charge is -2.39. The number of fused-ring (bicyclic) bond motifs is 2. The molecule has 0 aliphatic carbocycles. The summed E-state index contributed by atoms with van der Waals surface area (Å²) in [5.41, 5.74) is -2.24. The minimum Gasteiger partial charge on any atom is -0.507 e. The summed E-state index contributed by atoms with van der Waals surface area (Å²) in [6, 6.07) is 8.98. The van der Waals surface area contributed by atoms with Crippen LogP contribution in [-0.2, 0) is 4.74 Å². The highest BCUT2D eigenvalue weighted by Crippen LogP contribution is 2.49. The molecule has 1 aliphatic heterocycles. The molecule has 12 heteroatoms. The molecule has 2 aromatic carbocycles. The van der Waals surface area contributed by atoms with Crippen LogP contribution in [0.25, 0.3) is 33.1 Å². The molecule has 0 bridgehead atoms. The molecule has 4 aromatic rings. The van der Waals surface area contributed by atoms with Crippen molar-refractivity contribution in [2.75, 3.05) is 6.61 Å². The number of aromatic hydroxyl groups is 2. The summed E-state index contributed by atoms with van der Waals surface area (Å²) >= 11 is 0. The van der Waals surface area contributed by atoms with Gasteiger partial charge in [0, 0.05) is 22.9 Å². The maximum Gasteiger partial charge on any atom is 0.336 e. The monoisotopic (exact) mass is 500 g/mol. The van der Waals surface area contributed by atoms with Crippen molar-refractivity contribution in [1.29, 1.82) is 0 Å². The SMILES string of the molecule is O=c1ccc2ccc(O)c(-c3c(OC4OC(CO)C(O)C(O)C4O)c(O)cc4ccc(=O)oc34)c2o1. The Labute approximate surface area is 200 Å². The van der Waals surface area contributed by atoms with Gasteiger partial charge in [-0.25, -0.2) is 9.59 Å². The Kier molecular flexibility index (Phi) is 5.90. The van der Waals surface area contributed by atoms with Crippen LogP contribution in [0.1, 0.15) is 0 Å². The maximum atomic E-state index is 12.1. The molecular formula is C24H20O12. The van der Waals surface area contributed by atoms with Crippen LogP contribution in [0.4, 0.5) is 0 Å². The van der Waals surface area contributed by atoms with Crippen LogP contribution >= 0.6 is 0 Å². The van der Waals surface area contributed by atoms with Crippen molar-refractivity contribution in [1.82, 2.24) is 0 Å². The van der Waals surface area contributed by atoms with Gasteiger partial charge in [-0.1, -0.05) is 0 Å². The minimum atomic E-state index is -1.84. The van der Waals surface area contributed by atoms with Crippen LogP contribution in [0.15, 0.2) is 60.9 Å². The Bertz CT molecular complexity index is 1570. The van der Waals surface area contributed by atoms with Crippen LogP contribution in [0.3, 0.4) is 0 Å². The van der Waals surface area contributed by atoms with Crippen molar-refractivity contribution in [2.24, 2.45) is 0 Å². The number of hydrogen-bond donors (Lipinski definition) is 6. The van der Waals surface area contributed by atoms with Gasteiger partial charge in [-0.2, -0.15) is 0 Å². The van der Waals surface area contributed by atoms with Crippen molar-refractivity contribution in [3.63, 3.8) is 0 Å². The van der Waals surface area contributed by atoms with Gasteiger partial charge in [-0.15, -0.1) is 0 Å². The Morgan fingerprint density at radius 2 is 1.36 bits per heavy atom. The number of hydrogen-bond acceptors (Lipinski definition) is 12. The van der Waals surface area contributed by atoms with E-state index in [1.165, 1.54) is 30.3 Å². The van der Waals surface area contributed by atoms with Crippen molar-refractivity contribution in [2.45, 2.75) is 30.7 Å². The van der Waals surface area contributed by atoms with Gasteiger partial charge >= 0.3 is 11.3 Å². The molecule has 0 spiro atoms. The molecule has 0 radical (unpaired) electrons. The second kappa shape index (κ2) is 8.93. The molecule has 1 fully saturated rings. The molecule has 0 amide bonds. The Morgan fingerprint density at radius 1 is 0.750 bits per heavy atom. The van der Waals surface area contributed by atoms with Gasteiger partial charge in [0.2, 0.25) is 6.29 Å². The van der Waals surface area contributed by atoms with Crippen LogP contribution in [-0.4, -0.2) is 68.0 Å². The standard InChI is InChI=1S/C24H20O12/c25-8-13-18(30)19(31)20(32)24(33-13)36-23-12(27)7-10-3-6-15(29)35-22(10)17(23)16-11(26)4-1-9-2-5-14(28)34-21(9)16/h1-7,13,18-20,24-27,30-32H,8H2. The first-order valence-electron chi connectivity index (χ1n) is 10.7. The van der Waals surface area contributed by atoms with Gasteiger partial charge in [0.25, 0.3) is 0 Å². The number of ether oxygens (including phenoxy) is 2. The molecule has 0 saturated carbocycles. The van der Waals surface area contributed by atoms with E-state index in [2.05, 4.69) is 0 Å². The summed E-state index contributed by atoms with van der Waals surface area (Å²) in [4.78, 5) is 24.1. The molecule has 5 unspecified atom stereocenters. The van der Waals surface area contributed by atoms with Crippen LogP contribution in [0.2, 0.25) is 0 Å². The summed E-state index contributed by atoms with van der Waals surface area (Å²) in [5, 5.41) is 62.4. The highest BCUT2D eigenvalue weighted by Gasteiger charge is 2.45. The van der Waals surface area contributed by atoms with E-state index in [-0.39, 0.29) is 27.7 Å². The number of rotatable bonds is 4. The largest absolute Gasteiger partial charge is 0.507 e. The van der Waals surface area contributed by atoms with E-state index in [0.29, 0.717) is 5.39 Å². The number of phenolic OH excluding ortho intramolecular Hbond substituents is 2. The minimum absolute atomic E-state index is 0.125. The van der Waals surface area contributed by atoms with Crippen LogP contribution in [0.5, 0.6) is 17.2 Å². The van der Waals surface area contributed by atoms with E-state index < -0.39 is 65.8 Å². The zero-order valence-electron chi connectivity index (χ0n) is 18.3. The first-order chi connectivity index (χ1) is 17.2. The molecular weight excluding hydrogens is 480 g/mol. The second-order valence-corrected chi connectivity index (χ2v) is 8.22. The highest BCUT2D eigenvalue weighted by molar-refractivity contribution is 6.06. The number of aliphatic hydroxyl groups excluding tert-OH is 4. The third kappa shape index (κ3) is 3.86. The molecule has 2 aromatic heterocycles. The van der Waals surface area contributed by atoms with Gasteiger partial charge < -0.3 is 48.9 Å². The Morgan fingerprint density at radius 3 is 2.03 bits per heavy atom. The lowest BCUT2D eigenvalue weighted by atomic mass is 9.97. The highest BCUT2D eigenvalue weighted by atomic mass is 16.7.